The predicted octanol–water partition coefficient (Wildman–Crippen LogP) is 4.59. The van der Waals surface area contributed by atoms with Crippen molar-refractivity contribution < 1.29 is 19.4 Å². The molecule has 0 aromatic heterocycles. The van der Waals surface area contributed by atoms with Gasteiger partial charge in [-0.05, 0) is 30.0 Å². The molecular formula is C22H19NO4. The number of benzene rings is 3. The quantitative estimate of drug-likeness (QED) is 0.652. The van der Waals surface area contributed by atoms with E-state index in [-0.39, 0.29) is 11.3 Å². The number of nitrogens with one attached hydrogen (secondary N) is 1. The van der Waals surface area contributed by atoms with E-state index in [9.17, 15) is 14.7 Å². The maximum absolute atomic E-state index is 12.4. The normalized spacial score (nSPS) is 11.3. The van der Waals surface area contributed by atoms with Crippen molar-refractivity contribution >= 4 is 33.9 Å². The topological polar surface area (TPSA) is 75.6 Å². The summed E-state index contributed by atoms with van der Waals surface area (Å²) in [5.41, 5.74) is 1.81. The molecule has 2 N–H and O–H groups in total. The van der Waals surface area contributed by atoms with Gasteiger partial charge < -0.3 is 15.2 Å². The van der Waals surface area contributed by atoms with E-state index >= 15 is 0 Å². The molecule has 0 aliphatic heterocycles. The second-order valence-corrected chi connectivity index (χ2v) is 6.03. The Morgan fingerprint density at radius 3 is 2.41 bits per heavy atom. The summed E-state index contributed by atoms with van der Waals surface area (Å²) in [5, 5.41) is 13.9. The predicted molar refractivity (Wildman–Crippen MR) is 106 cm³/mol. The number of methoxy groups -OCH3 is 1. The van der Waals surface area contributed by atoms with Gasteiger partial charge >= 0.3 is 5.97 Å². The lowest BCUT2D eigenvalue weighted by atomic mass is 10.00. The van der Waals surface area contributed by atoms with Gasteiger partial charge in [0.1, 0.15) is 5.75 Å². The summed E-state index contributed by atoms with van der Waals surface area (Å²) >= 11 is 0. The molecule has 0 aliphatic carbocycles. The first-order valence-electron chi connectivity index (χ1n) is 8.39. The Kier molecular flexibility index (Phi) is 5.22. The highest BCUT2D eigenvalue weighted by Gasteiger charge is 2.13. The Morgan fingerprint density at radius 2 is 1.67 bits per heavy atom. The van der Waals surface area contributed by atoms with E-state index in [0.717, 1.165) is 16.3 Å². The number of rotatable bonds is 5. The number of carboxylic acid groups (broad SMARTS) is 1. The highest BCUT2D eigenvalue weighted by molar-refractivity contribution is 6.08. The lowest BCUT2D eigenvalue weighted by Crippen LogP contribution is -2.12. The molecule has 27 heavy (non-hydrogen) atoms. The molecule has 0 spiro atoms. The van der Waals surface area contributed by atoms with E-state index in [1.54, 1.807) is 25.3 Å². The van der Waals surface area contributed by atoms with Gasteiger partial charge in [0.2, 0.25) is 5.91 Å². The first-order valence-corrected chi connectivity index (χ1v) is 8.39. The highest BCUT2D eigenvalue weighted by Crippen LogP contribution is 2.33. The second-order valence-electron chi connectivity index (χ2n) is 6.03. The Labute approximate surface area is 156 Å². The van der Waals surface area contributed by atoms with E-state index in [1.165, 1.54) is 12.1 Å². The Morgan fingerprint density at radius 1 is 0.963 bits per heavy atom. The van der Waals surface area contributed by atoms with Crippen LogP contribution in [0.25, 0.3) is 16.3 Å². The van der Waals surface area contributed by atoms with Gasteiger partial charge in [0.05, 0.1) is 18.4 Å². The molecule has 0 aliphatic rings. The van der Waals surface area contributed by atoms with Crippen LogP contribution in [0.3, 0.4) is 0 Å². The minimum atomic E-state index is -1.09. The van der Waals surface area contributed by atoms with Gasteiger partial charge in [-0.1, -0.05) is 48.5 Å². The number of para-hydroxylation sites is 1. The molecule has 0 saturated heterocycles. The number of carbonyl (C=O) groups is 2. The lowest BCUT2D eigenvalue weighted by molar-refractivity contribution is -0.111. The third kappa shape index (κ3) is 3.82. The van der Waals surface area contributed by atoms with Crippen LogP contribution in [0.1, 0.15) is 22.8 Å². The van der Waals surface area contributed by atoms with Crippen LogP contribution in [-0.4, -0.2) is 24.1 Å². The average molecular weight is 361 g/mol. The number of allylic oxidation sites excluding steroid dienone is 1. The van der Waals surface area contributed by atoms with Gasteiger partial charge in [0, 0.05) is 17.0 Å². The third-order valence-corrected chi connectivity index (χ3v) is 4.27. The van der Waals surface area contributed by atoms with Crippen molar-refractivity contribution in [1.82, 2.24) is 0 Å². The summed E-state index contributed by atoms with van der Waals surface area (Å²) in [7, 11) is 1.60. The zero-order chi connectivity index (χ0) is 19.4. The van der Waals surface area contributed by atoms with E-state index in [0.29, 0.717) is 11.3 Å². The summed E-state index contributed by atoms with van der Waals surface area (Å²) in [6, 6.07) is 18.0. The second kappa shape index (κ2) is 7.74. The van der Waals surface area contributed by atoms with E-state index in [2.05, 4.69) is 5.32 Å². The zero-order valence-corrected chi connectivity index (χ0v) is 15.0. The average Bonchev–Trinajstić information content (AvgIpc) is 2.67. The summed E-state index contributed by atoms with van der Waals surface area (Å²) in [4.78, 5) is 23.7. The number of fused-ring (bicyclic) bond motifs is 1. The summed E-state index contributed by atoms with van der Waals surface area (Å²) in [6.07, 6.45) is 1.44. The summed E-state index contributed by atoms with van der Waals surface area (Å²) in [6.45, 7) is 1.81. The number of amides is 1. The van der Waals surface area contributed by atoms with Crippen LogP contribution in [0, 0.1) is 0 Å². The Hall–Kier alpha value is -3.60. The number of carboxylic acids is 1. The molecule has 136 valence electrons. The molecular weight excluding hydrogens is 342 g/mol. The van der Waals surface area contributed by atoms with E-state index < -0.39 is 11.9 Å². The van der Waals surface area contributed by atoms with Gasteiger partial charge in [-0.25, -0.2) is 4.79 Å². The van der Waals surface area contributed by atoms with Crippen LogP contribution >= 0.6 is 0 Å². The van der Waals surface area contributed by atoms with Gasteiger partial charge in [-0.2, -0.15) is 0 Å². The Balaban J connectivity index is 1.93. The number of carbonyl (C=O) groups excluding carboxylic acids is 1. The Bertz CT molecular complexity index is 1050. The number of anilines is 1. The molecule has 3 aromatic rings. The molecule has 0 fully saturated rings. The van der Waals surface area contributed by atoms with Gasteiger partial charge in [-0.15, -0.1) is 0 Å². The molecule has 3 rings (SSSR count). The molecule has 0 bridgehead atoms. The molecule has 0 saturated carbocycles. The summed E-state index contributed by atoms with van der Waals surface area (Å²) < 4.78 is 5.58. The molecule has 0 radical (unpaired) electrons. The van der Waals surface area contributed by atoms with Crippen LogP contribution in [0.4, 0.5) is 5.69 Å². The van der Waals surface area contributed by atoms with Crippen molar-refractivity contribution in [1.29, 1.82) is 0 Å². The van der Waals surface area contributed by atoms with Crippen molar-refractivity contribution in [3.05, 3.63) is 77.9 Å². The van der Waals surface area contributed by atoms with Crippen molar-refractivity contribution in [2.24, 2.45) is 0 Å². The first-order chi connectivity index (χ1) is 13.0. The van der Waals surface area contributed by atoms with Crippen LogP contribution in [0.5, 0.6) is 5.75 Å². The minimum absolute atomic E-state index is 0.0418. The van der Waals surface area contributed by atoms with E-state index in [1.807, 2.05) is 43.3 Å². The van der Waals surface area contributed by atoms with E-state index in [4.69, 9.17) is 4.74 Å². The lowest BCUT2D eigenvalue weighted by Gasteiger charge is -2.12. The number of hydrogen-bond donors (Lipinski definition) is 2. The number of ether oxygens (including phenoxy) is 1. The fourth-order valence-electron chi connectivity index (χ4n) is 3.00. The molecule has 5 nitrogen and oxygen atoms in total. The molecule has 1 amide bonds. The molecule has 5 heteroatoms. The molecule has 0 unspecified atom stereocenters. The van der Waals surface area contributed by atoms with Crippen molar-refractivity contribution in [3.8, 4) is 5.75 Å². The van der Waals surface area contributed by atoms with Gasteiger partial charge in [0.25, 0.3) is 0 Å². The SMILES string of the molecule is COc1c(C(C)=CC(=O)Nc2ccccc2C(=O)O)ccc2ccccc12. The highest BCUT2D eigenvalue weighted by atomic mass is 16.5. The fraction of sp³-hybridized carbons (Fsp3) is 0.0909. The van der Waals surface area contributed by atoms with Crippen molar-refractivity contribution in [3.63, 3.8) is 0 Å². The summed E-state index contributed by atoms with van der Waals surface area (Å²) in [5.74, 6) is -0.806. The minimum Gasteiger partial charge on any atom is -0.495 e. The van der Waals surface area contributed by atoms with Crippen LogP contribution < -0.4 is 10.1 Å². The van der Waals surface area contributed by atoms with Crippen molar-refractivity contribution in [2.45, 2.75) is 6.92 Å². The maximum atomic E-state index is 12.4. The van der Waals surface area contributed by atoms with Gasteiger partial charge in [-0.3, -0.25) is 4.79 Å². The monoisotopic (exact) mass is 361 g/mol. The van der Waals surface area contributed by atoms with Crippen LogP contribution in [-0.2, 0) is 4.79 Å². The first kappa shape index (κ1) is 18.2. The third-order valence-electron chi connectivity index (χ3n) is 4.27. The fourth-order valence-corrected chi connectivity index (χ4v) is 3.00. The van der Waals surface area contributed by atoms with Crippen LogP contribution in [0.15, 0.2) is 66.7 Å². The zero-order valence-electron chi connectivity index (χ0n) is 15.0. The number of hydrogen-bond acceptors (Lipinski definition) is 3. The number of aromatic carboxylic acids is 1. The molecule has 0 atom stereocenters. The van der Waals surface area contributed by atoms with Crippen molar-refractivity contribution in [2.75, 3.05) is 12.4 Å². The van der Waals surface area contributed by atoms with Crippen LogP contribution in [0.2, 0.25) is 0 Å². The standard InChI is InChI=1S/C22H19NO4/c1-14(13-20(24)23-19-10-6-5-9-18(19)22(25)26)16-12-11-15-7-3-4-8-17(15)21(16)27-2/h3-13H,1-2H3,(H,23,24)(H,25,26). The molecule has 3 aromatic carbocycles. The molecule has 0 heterocycles. The maximum Gasteiger partial charge on any atom is 0.337 e. The van der Waals surface area contributed by atoms with Gasteiger partial charge in [0.15, 0.2) is 0 Å². The smallest absolute Gasteiger partial charge is 0.337 e. The largest absolute Gasteiger partial charge is 0.495 e.